The lowest BCUT2D eigenvalue weighted by atomic mass is 9.98. The Morgan fingerprint density at radius 3 is 1.62 bits per heavy atom. The van der Waals surface area contributed by atoms with E-state index in [2.05, 4.69) is 20.8 Å². The molecule has 0 unspecified atom stereocenters. The van der Waals surface area contributed by atoms with Crippen LogP contribution in [0, 0.1) is 0 Å². The van der Waals surface area contributed by atoms with Gasteiger partial charge in [0.05, 0.1) is 68.4 Å². The first-order chi connectivity index (χ1) is 32.1. The van der Waals surface area contributed by atoms with Crippen LogP contribution in [0.3, 0.4) is 0 Å². The Balaban J connectivity index is 1.27. The van der Waals surface area contributed by atoms with E-state index in [1.54, 1.807) is 45.5 Å². The molecule has 2 fully saturated rings. The first-order valence-corrected chi connectivity index (χ1v) is 22.1. The summed E-state index contributed by atoms with van der Waals surface area (Å²) in [7, 11) is 9.03. The fourth-order valence-electron chi connectivity index (χ4n) is 8.19. The van der Waals surface area contributed by atoms with Gasteiger partial charge in [-0.05, 0) is 63.8 Å². The zero-order valence-electron chi connectivity index (χ0n) is 39.0. The van der Waals surface area contributed by atoms with Crippen molar-refractivity contribution in [3.8, 4) is 45.1 Å². The molecule has 2 saturated heterocycles. The molecule has 20 heteroatoms. The minimum atomic E-state index is -0.944. The van der Waals surface area contributed by atoms with E-state index in [1.807, 2.05) is 48.2 Å². The molecule has 2 aliphatic heterocycles. The monoisotopic (exact) mass is 920 g/mol. The van der Waals surface area contributed by atoms with Gasteiger partial charge in [0.15, 0.2) is 6.79 Å². The second-order valence-electron chi connectivity index (χ2n) is 16.0. The highest BCUT2D eigenvalue weighted by molar-refractivity contribution is 5.87. The number of likely N-dealkylation sites (tertiary alicyclic amines) is 2. The summed E-state index contributed by atoms with van der Waals surface area (Å²) in [5.41, 5.74) is 7.50. The molecule has 0 spiro atoms. The van der Waals surface area contributed by atoms with Crippen LogP contribution in [-0.4, -0.2) is 161 Å². The van der Waals surface area contributed by atoms with Crippen LogP contribution < -0.4 is 20.3 Å². The lowest BCUT2D eigenvalue weighted by Gasteiger charge is -2.30. The van der Waals surface area contributed by atoms with Crippen molar-refractivity contribution >= 4 is 17.9 Å². The summed E-state index contributed by atoms with van der Waals surface area (Å²) in [6.07, 6.45) is 4.74. The van der Waals surface area contributed by atoms with Crippen molar-refractivity contribution in [1.82, 2.24) is 40.5 Å². The molecule has 4 N–H and O–H groups in total. The number of amides is 3. The lowest BCUT2D eigenvalue weighted by molar-refractivity contribution is -0.152. The Labute approximate surface area is 385 Å². The maximum absolute atomic E-state index is 13.9. The summed E-state index contributed by atoms with van der Waals surface area (Å²) < 4.78 is 44.2. The number of rotatable bonds is 24. The highest BCUT2D eigenvalue weighted by atomic mass is 16.8. The number of methoxy groups -OCH3 is 6. The van der Waals surface area contributed by atoms with Crippen LogP contribution in [0.2, 0.25) is 0 Å². The van der Waals surface area contributed by atoms with Gasteiger partial charge < -0.3 is 63.0 Å². The van der Waals surface area contributed by atoms with E-state index in [-0.39, 0.29) is 37.3 Å². The average molecular weight is 921 g/mol. The number of alkyl carbamates (subject to hydrolysis) is 1. The molecule has 66 heavy (non-hydrogen) atoms. The average Bonchev–Trinajstić information content (AvgIpc) is 4.19. The van der Waals surface area contributed by atoms with Crippen molar-refractivity contribution in [2.75, 3.05) is 89.0 Å². The van der Waals surface area contributed by atoms with E-state index in [4.69, 9.17) is 52.7 Å². The Morgan fingerprint density at radius 1 is 0.682 bits per heavy atom. The number of hydroxylamine groups is 1. The van der Waals surface area contributed by atoms with Crippen LogP contribution in [-0.2, 0) is 42.8 Å². The number of nitrogens with one attached hydrogen (secondary N) is 4. The normalized spacial score (nSPS) is 17.9. The van der Waals surface area contributed by atoms with Gasteiger partial charge in [-0.3, -0.25) is 14.4 Å². The first-order valence-electron chi connectivity index (χ1n) is 22.1. The summed E-state index contributed by atoms with van der Waals surface area (Å²) in [6, 6.07) is 9.50. The van der Waals surface area contributed by atoms with Crippen LogP contribution in [0.1, 0.15) is 63.3 Å². The van der Waals surface area contributed by atoms with Crippen molar-refractivity contribution in [2.24, 2.45) is 0 Å². The molecule has 6 rings (SSSR count). The Morgan fingerprint density at radius 2 is 1.17 bits per heavy atom. The van der Waals surface area contributed by atoms with Gasteiger partial charge in [0.1, 0.15) is 48.4 Å². The van der Waals surface area contributed by atoms with E-state index in [9.17, 15) is 14.4 Å². The van der Waals surface area contributed by atoms with Gasteiger partial charge in [-0.15, -0.1) is 0 Å². The second kappa shape index (κ2) is 24.2. The molecule has 360 valence electrons. The third kappa shape index (κ3) is 11.9. The number of carbonyl (C=O) groups is 3. The highest BCUT2D eigenvalue weighted by Crippen LogP contribution is 2.42. The van der Waals surface area contributed by atoms with Crippen LogP contribution in [0.5, 0.6) is 11.5 Å². The minimum Gasteiger partial charge on any atom is -0.491 e. The summed E-state index contributed by atoms with van der Waals surface area (Å²) >= 11 is 0. The van der Waals surface area contributed by atoms with Crippen molar-refractivity contribution in [3.63, 3.8) is 0 Å². The quantitative estimate of drug-likeness (QED) is 0.0421. The van der Waals surface area contributed by atoms with Crippen LogP contribution >= 0.6 is 0 Å². The number of benzene rings is 2. The van der Waals surface area contributed by atoms with E-state index in [1.165, 1.54) is 21.3 Å². The number of nitrogens with zero attached hydrogens (tertiary/aromatic N) is 4. The number of ether oxygens (including phenoxy) is 8. The zero-order chi connectivity index (χ0) is 47.2. The largest absolute Gasteiger partial charge is 0.491 e. The molecule has 0 radical (unpaired) electrons. The van der Waals surface area contributed by atoms with Gasteiger partial charge in [0.25, 0.3) is 0 Å². The molecule has 2 aromatic carbocycles. The molecular formula is C46H64N8O12. The number of hydrogen-bond acceptors (Lipinski definition) is 15. The summed E-state index contributed by atoms with van der Waals surface area (Å²) in [6.45, 7) is 5.88. The number of hydrogen-bond donors (Lipinski definition) is 4. The third-order valence-electron chi connectivity index (χ3n) is 11.9. The molecule has 2 aromatic heterocycles. The van der Waals surface area contributed by atoms with E-state index in [0.717, 1.165) is 52.9 Å². The van der Waals surface area contributed by atoms with E-state index >= 15 is 0 Å². The standard InChI is InChI=1S/C46H64N8O12/c1-28(61-6)40(51-46(57)63-8)44(55)53-17-9-11-36(53)42-47-25-34(49-42)30-13-15-32(38(23-30)64-21-19-58-3)33-16-14-31(24-39(33)65-22-20-59-4)35-26-48-43(50-35)37-12-10-18-54(37)45(56)41(29(2)62-7)52-66-27-60-5/h13-16,23-26,28-29,36-37,40-41,52H,9-12,17-22,27H2,1-8H3,(H,47,49)(H,48,50)(H,51,57)/t28-,29-,36+,37+,40+,41+/m1/s1. The van der Waals surface area contributed by atoms with Crippen molar-refractivity contribution in [2.45, 2.75) is 75.9 Å². The highest BCUT2D eigenvalue weighted by Gasteiger charge is 2.40. The molecule has 4 aromatic rings. The van der Waals surface area contributed by atoms with Crippen LogP contribution in [0.4, 0.5) is 4.79 Å². The fourth-order valence-corrected chi connectivity index (χ4v) is 8.19. The van der Waals surface area contributed by atoms with Crippen molar-refractivity contribution in [3.05, 3.63) is 60.4 Å². The Hall–Kier alpha value is -5.61. The smallest absolute Gasteiger partial charge is 0.407 e. The molecule has 4 heterocycles. The predicted octanol–water partition coefficient (Wildman–Crippen LogP) is 4.80. The molecule has 0 bridgehead atoms. The van der Waals surface area contributed by atoms with Gasteiger partial charge in [0.2, 0.25) is 11.8 Å². The molecule has 0 saturated carbocycles. The second-order valence-corrected chi connectivity index (χ2v) is 16.0. The molecule has 0 aliphatic carbocycles. The SMILES string of the molecule is COCCOc1cc(-c2cnc([C@@H]3CCCN3C(=O)[C@@H](NOCOC)[C@@H](C)OC)[nH]2)ccc1-c1ccc(-c2cnc([C@@H]3CCCN3C(=O)[C@@H](NC(=O)OC)[C@@H](C)OC)[nH]2)cc1OCCOC. The summed E-state index contributed by atoms with van der Waals surface area (Å²) in [5, 5.41) is 2.63. The van der Waals surface area contributed by atoms with E-state index < -0.39 is 30.4 Å². The molecule has 20 nitrogen and oxygen atoms in total. The Kier molecular flexibility index (Phi) is 18.3. The molecule has 3 amide bonds. The number of aromatic amines is 2. The first kappa shape index (κ1) is 49.8. The molecule has 2 aliphatic rings. The van der Waals surface area contributed by atoms with Gasteiger partial charge in [-0.25, -0.2) is 14.8 Å². The lowest BCUT2D eigenvalue weighted by Crippen LogP contribution is -2.54. The number of imidazole rings is 2. The fraction of sp³-hybridized carbons (Fsp3) is 0.543. The van der Waals surface area contributed by atoms with Gasteiger partial charge >= 0.3 is 6.09 Å². The van der Waals surface area contributed by atoms with Gasteiger partial charge in [-0.1, -0.05) is 12.1 Å². The Bertz CT molecular complexity index is 2200. The third-order valence-corrected chi connectivity index (χ3v) is 11.9. The maximum atomic E-state index is 13.9. The van der Waals surface area contributed by atoms with Crippen molar-refractivity contribution in [1.29, 1.82) is 0 Å². The number of H-pyrrole nitrogens is 2. The van der Waals surface area contributed by atoms with Crippen molar-refractivity contribution < 1.29 is 57.1 Å². The molecule has 6 atom stereocenters. The predicted molar refractivity (Wildman–Crippen MR) is 241 cm³/mol. The van der Waals surface area contributed by atoms with Gasteiger partial charge in [0, 0.05) is 70.9 Å². The van der Waals surface area contributed by atoms with Crippen LogP contribution in [0.25, 0.3) is 33.6 Å². The van der Waals surface area contributed by atoms with Crippen LogP contribution in [0.15, 0.2) is 48.8 Å². The minimum absolute atomic E-state index is 0.0246. The maximum Gasteiger partial charge on any atom is 0.407 e. The van der Waals surface area contributed by atoms with E-state index in [0.29, 0.717) is 62.5 Å². The number of aromatic nitrogens is 4. The zero-order valence-corrected chi connectivity index (χ0v) is 39.0. The molecular weight excluding hydrogens is 857 g/mol. The number of carbonyl (C=O) groups excluding carboxylic acids is 3. The summed E-state index contributed by atoms with van der Waals surface area (Å²) in [4.78, 5) is 65.2. The summed E-state index contributed by atoms with van der Waals surface area (Å²) in [5.74, 6) is 2.03. The van der Waals surface area contributed by atoms with Gasteiger partial charge in [-0.2, -0.15) is 5.48 Å². The topological polar surface area (TPSA) is 222 Å².